The fourth-order valence-corrected chi connectivity index (χ4v) is 2.91. The van der Waals surface area contributed by atoms with Gasteiger partial charge in [0.1, 0.15) is 6.04 Å². The lowest BCUT2D eigenvalue weighted by atomic mass is 10.1. The Morgan fingerprint density at radius 2 is 2.08 bits per heavy atom. The van der Waals surface area contributed by atoms with Crippen LogP contribution >= 0.6 is 12.4 Å². The third-order valence-corrected chi connectivity index (χ3v) is 4.12. The van der Waals surface area contributed by atoms with Crippen LogP contribution in [0.25, 0.3) is 0 Å². The molecule has 3 N–H and O–H groups in total. The first-order chi connectivity index (χ1) is 11.2. The summed E-state index contributed by atoms with van der Waals surface area (Å²) in [4.78, 5) is 26.6. The summed E-state index contributed by atoms with van der Waals surface area (Å²) in [5.41, 5.74) is 5.94. The number of carbonyl (C=O) groups excluding carboxylic acids is 2. The molecule has 1 fully saturated rings. The highest BCUT2D eigenvalue weighted by Gasteiger charge is 2.34. The monoisotopic (exact) mass is 355 g/mol. The van der Waals surface area contributed by atoms with Crippen molar-refractivity contribution in [2.45, 2.75) is 25.3 Å². The average molecular weight is 356 g/mol. The summed E-state index contributed by atoms with van der Waals surface area (Å²) < 4.78 is 10.6. The Morgan fingerprint density at radius 1 is 1.29 bits per heavy atom. The molecule has 1 aromatic rings. The van der Waals surface area contributed by atoms with Crippen molar-refractivity contribution >= 4 is 24.2 Å². The van der Waals surface area contributed by atoms with E-state index in [1.165, 1.54) is 0 Å². The summed E-state index contributed by atoms with van der Waals surface area (Å²) in [6.45, 7) is 1.83. The third-order valence-electron chi connectivity index (χ3n) is 4.12. The van der Waals surface area contributed by atoms with Gasteiger partial charge < -0.3 is 25.4 Å². The minimum atomic E-state index is -0.411. The van der Waals surface area contributed by atoms with E-state index in [1.807, 2.05) is 0 Å². The van der Waals surface area contributed by atoms with Crippen LogP contribution in [-0.2, 0) is 4.79 Å². The van der Waals surface area contributed by atoms with E-state index in [0.29, 0.717) is 43.1 Å². The number of ether oxygens (including phenoxy) is 2. The Morgan fingerprint density at radius 3 is 2.88 bits per heavy atom. The quantitative estimate of drug-likeness (QED) is 0.765. The molecule has 0 spiro atoms. The number of likely N-dealkylation sites (tertiary alicyclic amines) is 1. The fraction of sp³-hybridized carbons (Fsp3) is 0.500. The van der Waals surface area contributed by atoms with E-state index in [9.17, 15) is 9.59 Å². The number of rotatable bonds is 5. The average Bonchev–Trinajstić information content (AvgIpc) is 3.22. The highest BCUT2D eigenvalue weighted by molar-refractivity contribution is 5.98. The number of hydrogen-bond acceptors (Lipinski definition) is 5. The lowest BCUT2D eigenvalue weighted by Crippen LogP contribution is -2.46. The molecule has 2 aliphatic rings. The zero-order valence-corrected chi connectivity index (χ0v) is 14.1. The molecule has 2 heterocycles. The fourth-order valence-electron chi connectivity index (χ4n) is 2.91. The summed E-state index contributed by atoms with van der Waals surface area (Å²) in [7, 11) is 0. The van der Waals surface area contributed by atoms with Crippen molar-refractivity contribution in [1.82, 2.24) is 10.2 Å². The van der Waals surface area contributed by atoms with Crippen LogP contribution in [0.5, 0.6) is 11.5 Å². The van der Waals surface area contributed by atoms with Crippen LogP contribution in [0.1, 0.15) is 29.6 Å². The minimum Gasteiger partial charge on any atom is -0.454 e. The van der Waals surface area contributed by atoms with Crippen molar-refractivity contribution in [2.24, 2.45) is 5.73 Å². The maximum Gasteiger partial charge on any atom is 0.254 e. The molecule has 2 amide bonds. The maximum atomic E-state index is 12.7. The van der Waals surface area contributed by atoms with Crippen LogP contribution in [0.2, 0.25) is 0 Å². The van der Waals surface area contributed by atoms with Gasteiger partial charge in [-0.25, -0.2) is 0 Å². The van der Waals surface area contributed by atoms with E-state index in [0.717, 1.165) is 12.8 Å². The lowest BCUT2D eigenvalue weighted by Gasteiger charge is -2.24. The molecule has 8 heteroatoms. The van der Waals surface area contributed by atoms with Gasteiger partial charge in [0.25, 0.3) is 5.91 Å². The number of nitrogens with one attached hydrogen (secondary N) is 1. The van der Waals surface area contributed by atoms with Crippen LogP contribution in [0, 0.1) is 0 Å². The Bertz CT molecular complexity index is 611. The number of carbonyl (C=O) groups is 2. The molecule has 24 heavy (non-hydrogen) atoms. The van der Waals surface area contributed by atoms with Crippen LogP contribution in [0.3, 0.4) is 0 Å². The summed E-state index contributed by atoms with van der Waals surface area (Å²) in [6.07, 6.45) is 2.24. The van der Waals surface area contributed by atoms with Crippen molar-refractivity contribution in [3.05, 3.63) is 23.8 Å². The van der Waals surface area contributed by atoms with Gasteiger partial charge >= 0.3 is 0 Å². The van der Waals surface area contributed by atoms with E-state index < -0.39 is 6.04 Å². The van der Waals surface area contributed by atoms with Crippen molar-refractivity contribution in [3.8, 4) is 11.5 Å². The summed E-state index contributed by atoms with van der Waals surface area (Å²) >= 11 is 0. The van der Waals surface area contributed by atoms with Gasteiger partial charge in [0.2, 0.25) is 12.7 Å². The van der Waals surface area contributed by atoms with Crippen molar-refractivity contribution in [1.29, 1.82) is 0 Å². The van der Waals surface area contributed by atoms with Gasteiger partial charge in [0.05, 0.1) is 0 Å². The first-order valence-corrected chi connectivity index (χ1v) is 7.89. The topological polar surface area (TPSA) is 93.9 Å². The molecule has 3 rings (SSSR count). The summed E-state index contributed by atoms with van der Waals surface area (Å²) in [6, 6.07) is 4.69. The SMILES string of the molecule is Cl.NCCCNC(=O)C1CCCN1C(=O)c1ccc2c(c1)OCO2. The zero-order chi connectivity index (χ0) is 16.2. The normalized spacial score (nSPS) is 18.2. The molecule has 0 saturated carbocycles. The molecule has 132 valence electrons. The molecule has 1 atom stereocenters. The number of amides is 2. The predicted octanol–water partition coefficient (Wildman–Crippen LogP) is 0.907. The Hall–Kier alpha value is -1.99. The van der Waals surface area contributed by atoms with Gasteiger partial charge in [-0.1, -0.05) is 0 Å². The second kappa shape index (κ2) is 8.21. The van der Waals surface area contributed by atoms with Gasteiger partial charge in [-0.3, -0.25) is 9.59 Å². The number of nitrogens with zero attached hydrogens (tertiary/aromatic N) is 1. The number of nitrogens with two attached hydrogens (primary N) is 1. The summed E-state index contributed by atoms with van der Waals surface area (Å²) in [5.74, 6) is 0.947. The number of fused-ring (bicyclic) bond motifs is 1. The highest BCUT2D eigenvalue weighted by atomic mass is 35.5. The van der Waals surface area contributed by atoms with Crippen LogP contribution in [-0.4, -0.2) is 49.2 Å². The molecular formula is C16H22ClN3O4. The van der Waals surface area contributed by atoms with Crippen molar-refractivity contribution < 1.29 is 19.1 Å². The Kier molecular flexibility index (Phi) is 6.28. The molecule has 1 unspecified atom stereocenters. The molecule has 2 aliphatic heterocycles. The maximum absolute atomic E-state index is 12.7. The van der Waals surface area contributed by atoms with Gasteiger partial charge in [0.15, 0.2) is 11.5 Å². The molecule has 0 radical (unpaired) electrons. The van der Waals surface area contributed by atoms with Gasteiger partial charge in [-0.2, -0.15) is 0 Å². The number of benzene rings is 1. The largest absolute Gasteiger partial charge is 0.454 e. The van der Waals surface area contributed by atoms with Crippen LogP contribution in [0.4, 0.5) is 0 Å². The Labute approximate surface area is 146 Å². The molecule has 0 bridgehead atoms. The first-order valence-electron chi connectivity index (χ1n) is 7.89. The van der Waals surface area contributed by atoms with E-state index in [1.54, 1.807) is 23.1 Å². The minimum absolute atomic E-state index is 0. The van der Waals surface area contributed by atoms with E-state index >= 15 is 0 Å². The van der Waals surface area contributed by atoms with Crippen LogP contribution < -0.4 is 20.5 Å². The van der Waals surface area contributed by atoms with Crippen LogP contribution in [0.15, 0.2) is 18.2 Å². The molecule has 1 aromatic carbocycles. The zero-order valence-electron chi connectivity index (χ0n) is 13.3. The second-order valence-corrected chi connectivity index (χ2v) is 5.66. The Balaban J connectivity index is 0.00000208. The van der Waals surface area contributed by atoms with Gasteiger partial charge in [0, 0.05) is 18.7 Å². The van der Waals surface area contributed by atoms with Crippen molar-refractivity contribution in [3.63, 3.8) is 0 Å². The van der Waals surface area contributed by atoms with E-state index in [-0.39, 0.29) is 31.0 Å². The molecule has 0 aliphatic carbocycles. The lowest BCUT2D eigenvalue weighted by molar-refractivity contribution is -0.124. The van der Waals surface area contributed by atoms with Gasteiger partial charge in [-0.15, -0.1) is 12.4 Å². The first kappa shape index (κ1) is 18.4. The van der Waals surface area contributed by atoms with Crippen molar-refractivity contribution in [2.75, 3.05) is 26.4 Å². The second-order valence-electron chi connectivity index (χ2n) is 5.66. The molecular weight excluding hydrogens is 334 g/mol. The molecule has 0 aromatic heterocycles. The number of halogens is 1. The van der Waals surface area contributed by atoms with Gasteiger partial charge in [-0.05, 0) is 44.0 Å². The van der Waals surface area contributed by atoms with E-state index in [4.69, 9.17) is 15.2 Å². The molecule has 1 saturated heterocycles. The molecule has 7 nitrogen and oxygen atoms in total. The third kappa shape index (κ3) is 3.73. The predicted molar refractivity (Wildman–Crippen MR) is 90.6 cm³/mol. The smallest absolute Gasteiger partial charge is 0.254 e. The van der Waals surface area contributed by atoms with E-state index in [2.05, 4.69) is 5.32 Å². The number of hydrogen-bond donors (Lipinski definition) is 2. The standard InChI is InChI=1S/C16H21N3O4.ClH/c17-6-2-7-18-15(20)12-3-1-8-19(12)16(21)11-4-5-13-14(9-11)23-10-22-13;/h4-5,9,12H,1-3,6-8,10,17H2,(H,18,20);1H. The summed E-state index contributed by atoms with van der Waals surface area (Å²) in [5, 5.41) is 2.85. The highest BCUT2D eigenvalue weighted by Crippen LogP contribution is 2.33.